The number of amides is 1. The molecular formula is C23H20N2O4. The summed E-state index contributed by atoms with van der Waals surface area (Å²) in [6.45, 7) is 1.92. The van der Waals surface area contributed by atoms with Gasteiger partial charge >= 0.3 is 0 Å². The molecule has 1 N–H and O–H groups in total. The van der Waals surface area contributed by atoms with Crippen LogP contribution in [0.3, 0.4) is 0 Å². The van der Waals surface area contributed by atoms with E-state index in [1.165, 1.54) is 0 Å². The zero-order valence-electron chi connectivity index (χ0n) is 16.1. The summed E-state index contributed by atoms with van der Waals surface area (Å²) in [5, 5.41) is 2.81. The van der Waals surface area contributed by atoms with Gasteiger partial charge in [0, 0.05) is 17.3 Å². The molecule has 6 heteroatoms. The second-order valence-corrected chi connectivity index (χ2v) is 6.58. The molecule has 6 nitrogen and oxygen atoms in total. The molecule has 1 amide bonds. The predicted octanol–water partition coefficient (Wildman–Crippen LogP) is 4.83. The lowest BCUT2D eigenvalue weighted by atomic mass is 10.2. The van der Waals surface area contributed by atoms with Crippen LogP contribution in [-0.2, 0) is 4.79 Å². The van der Waals surface area contributed by atoms with E-state index >= 15 is 0 Å². The van der Waals surface area contributed by atoms with E-state index in [1.54, 1.807) is 19.2 Å². The topological polar surface area (TPSA) is 73.6 Å². The van der Waals surface area contributed by atoms with Gasteiger partial charge in [-0.2, -0.15) is 0 Å². The molecule has 0 fully saturated rings. The first-order valence-electron chi connectivity index (χ1n) is 9.15. The minimum atomic E-state index is -0.250. The van der Waals surface area contributed by atoms with Gasteiger partial charge in [0.15, 0.2) is 12.2 Å². The number of carbonyl (C=O) groups excluding carboxylic acids is 1. The molecule has 0 atom stereocenters. The Balaban J connectivity index is 1.44. The number of hydrogen-bond acceptors (Lipinski definition) is 5. The van der Waals surface area contributed by atoms with Crippen LogP contribution < -0.4 is 14.8 Å². The van der Waals surface area contributed by atoms with Crippen LogP contribution in [-0.4, -0.2) is 24.6 Å². The molecule has 0 aliphatic rings. The quantitative estimate of drug-likeness (QED) is 0.512. The van der Waals surface area contributed by atoms with Crippen molar-refractivity contribution in [3.63, 3.8) is 0 Å². The molecule has 146 valence electrons. The fourth-order valence-corrected chi connectivity index (χ4v) is 2.84. The Morgan fingerprint density at radius 2 is 1.72 bits per heavy atom. The lowest BCUT2D eigenvalue weighted by Gasteiger charge is -2.07. The van der Waals surface area contributed by atoms with Gasteiger partial charge in [0.05, 0.1) is 7.11 Å². The van der Waals surface area contributed by atoms with E-state index in [1.807, 2.05) is 61.5 Å². The van der Waals surface area contributed by atoms with E-state index in [2.05, 4.69) is 10.3 Å². The Bertz CT molecular complexity index is 1130. The molecule has 0 bridgehead atoms. The zero-order valence-corrected chi connectivity index (χ0v) is 16.1. The van der Waals surface area contributed by atoms with Crippen molar-refractivity contribution in [3.05, 3.63) is 72.3 Å². The van der Waals surface area contributed by atoms with Crippen molar-refractivity contribution in [2.45, 2.75) is 6.92 Å². The van der Waals surface area contributed by atoms with Gasteiger partial charge in [-0.15, -0.1) is 0 Å². The van der Waals surface area contributed by atoms with E-state index in [0.29, 0.717) is 28.4 Å². The molecule has 0 saturated heterocycles. The van der Waals surface area contributed by atoms with Crippen molar-refractivity contribution in [1.82, 2.24) is 4.98 Å². The van der Waals surface area contributed by atoms with Gasteiger partial charge in [-0.05, 0) is 55.5 Å². The smallest absolute Gasteiger partial charge is 0.262 e. The van der Waals surface area contributed by atoms with Crippen LogP contribution in [0.25, 0.3) is 22.6 Å². The van der Waals surface area contributed by atoms with Gasteiger partial charge < -0.3 is 19.2 Å². The van der Waals surface area contributed by atoms with Crippen molar-refractivity contribution >= 4 is 22.7 Å². The van der Waals surface area contributed by atoms with Gasteiger partial charge in [-0.3, -0.25) is 4.79 Å². The fraction of sp³-hybridized carbons (Fsp3) is 0.130. The maximum absolute atomic E-state index is 12.2. The van der Waals surface area contributed by atoms with Crippen LogP contribution in [0.4, 0.5) is 5.69 Å². The fourth-order valence-electron chi connectivity index (χ4n) is 2.84. The van der Waals surface area contributed by atoms with E-state index in [0.717, 1.165) is 16.9 Å². The zero-order chi connectivity index (χ0) is 20.2. The number of benzene rings is 3. The molecule has 0 unspecified atom stereocenters. The third-order valence-corrected chi connectivity index (χ3v) is 4.40. The normalized spacial score (nSPS) is 10.7. The number of oxazole rings is 1. The molecule has 0 aliphatic heterocycles. The second-order valence-electron chi connectivity index (χ2n) is 6.58. The molecule has 0 radical (unpaired) electrons. The molecule has 1 aromatic heterocycles. The van der Waals surface area contributed by atoms with Crippen molar-refractivity contribution in [2.24, 2.45) is 0 Å². The number of methoxy groups -OCH3 is 1. The van der Waals surface area contributed by atoms with E-state index in [9.17, 15) is 4.79 Å². The minimum Gasteiger partial charge on any atom is -0.497 e. The molecule has 0 saturated carbocycles. The van der Waals surface area contributed by atoms with Crippen LogP contribution in [0.15, 0.2) is 71.1 Å². The molecule has 29 heavy (non-hydrogen) atoms. The average Bonchev–Trinajstić information content (AvgIpc) is 3.17. The maximum Gasteiger partial charge on any atom is 0.262 e. The summed E-state index contributed by atoms with van der Waals surface area (Å²) in [6, 6.07) is 20.4. The number of nitrogens with one attached hydrogen (secondary N) is 1. The van der Waals surface area contributed by atoms with E-state index < -0.39 is 0 Å². The monoisotopic (exact) mass is 388 g/mol. The molecule has 1 heterocycles. The SMILES string of the molecule is COc1ccc(-c2nc3ccc(NC(=O)COc4ccc(C)cc4)cc3o2)cc1. The van der Waals surface area contributed by atoms with Crippen LogP contribution in [0.2, 0.25) is 0 Å². The Hall–Kier alpha value is -3.80. The Morgan fingerprint density at radius 3 is 2.45 bits per heavy atom. The molecule has 4 rings (SSSR count). The van der Waals surface area contributed by atoms with Crippen molar-refractivity contribution in [1.29, 1.82) is 0 Å². The van der Waals surface area contributed by atoms with Gasteiger partial charge in [0.25, 0.3) is 5.91 Å². The first-order valence-corrected chi connectivity index (χ1v) is 9.15. The Kier molecular flexibility index (Phi) is 5.16. The van der Waals surface area contributed by atoms with Crippen molar-refractivity contribution in [2.75, 3.05) is 19.0 Å². The highest BCUT2D eigenvalue weighted by Crippen LogP contribution is 2.27. The van der Waals surface area contributed by atoms with Gasteiger partial charge in [0.1, 0.15) is 17.0 Å². The molecule has 4 aromatic rings. The van der Waals surface area contributed by atoms with Gasteiger partial charge in [0.2, 0.25) is 5.89 Å². The van der Waals surface area contributed by atoms with Crippen LogP contribution in [0.5, 0.6) is 11.5 Å². The number of ether oxygens (including phenoxy) is 2. The minimum absolute atomic E-state index is 0.0748. The van der Waals surface area contributed by atoms with Crippen LogP contribution in [0.1, 0.15) is 5.56 Å². The third-order valence-electron chi connectivity index (χ3n) is 4.40. The standard InChI is InChI=1S/C23H20N2O4/c1-15-3-8-19(9-4-15)28-14-22(26)24-17-7-12-20-21(13-17)29-23(25-20)16-5-10-18(27-2)11-6-16/h3-13H,14H2,1-2H3,(H,24,26). The Labute approximate surface area is 168 Å². The van der Waals surface area contributed by atoms with Gasteiger partial charge in [-0.25, -0.2) is 4.98 Å². The lowest BCUT2D eigenvalue weighted by Crippen LogP contribution is -2.20. The van der Waals surface area contributed by atoms with E-state index in [-0.39, 0.29) is 12.5 Å². The first-order chi connectivity index (χ1) is 14.1. The highest BCUT2D eigenvalue weighted by atomic mass is 16.5. The number of aromatic nitrogens is 1. The highest BCUT2D eigenvalue weighted by molar-refractivity contribution is 5.93. The number of nitrogens with zero attached hydrogens (tertiary/aromatic N) is 1. The number of aryl methyl sites for hydroxylation is 1. The summed E-state index contributed by atoms with van der Waals surface area (Å²) in [5.41, 5.74) is 3.90. The largest absolute Gasteiger partial charge is 0.497 e. The molecule has 0 spiro atoms. The summed E-state index contributed by atoms with van der Waals surface area (Å²) in [4.78, 5) is 16.7. The summed E-state index contributed by atoms with van der Waals surface area (Å²) in [7, 11) is 1.62. The number of rotatable bonds is 6. The maximum atomic E-state index is 12.2. The van der Waals surface area contributed by atoms with Gasteiger partial charge in [-0.1, -0.05) is 17.7 Å². The molecular weight excluding hydrogens is 368 g/mol. The summed E-state index contributed by atoms with van der Waals surface area (Å²) >= 11 is 0. The van der Waals surface area contributed by atoms with Crippen LogP contribution in [0, 0.1) is 6.92 Å². The molecule has 0 aliphatic carbocycles. The van der Waals surface area contributed by atoms with Crippen molar-refractivity contribution < 1.29 is 18.7 Å². The lowest BCUT2D eigenvalue weighted by molar-refractivity contribution is -0.118. The second kappa shape index (κ2) is 8.06. The Morgan fingerprint density at radius 1 is 1.00 bits per heavy atom. The number of carbonyl (C=O) groups is 1. The third kappa shape index (κ3) is 4.38. The highest BCUT2D eigenvalue weighted by Gasteiger charge is 2.10. The number of hydrogen-bond donors (Lipinski definition) is 1. The van der Waals surface area contributed by atoms with E-state index in [4.69, 9.17) is 13.9 Å². The number of anilines is 1. The average molecular weight is 388 g/mol. The predicted molar refractivity (Wildman–Crippen MR) is 111 cm³/mol. The summed E-state index contributed by atoms with van der Waals surface area (Å²) in [5.74, 6) is 1.68. The summed E-state index contributed by atoms with van der Waals surface area (Å²) in [6.07, 6.45) is 0. The summed E-state index contributed by atoms with van der Waals surface area (Å²) < 4.78 is 16.5. The molecule has 3 aromatic carbocycles. The first kappa shape index (κ1) is 18.6. The van der Waals surface area contributed by atoms with Crippen LogP contribution >= 0.6 is 0 Å². The van der Waals surface area contributed by atoms with Crippen molar-refractivity contribution in [3.8, 4) is 23.0 Å². The number of fused-ring (bicyclic) bond motifs is 1.